The number of aryl methyl sites for hydroxylation is 1. The highest BCUT2D eigenvalue weighted by atomic mass is 79.9. The van der Waals surface area contributed by atoms with Gasteiger partial charge in [-0.1, -0.05) is 24.3 Å². The molecule has 3 rings (SSSR count). The second kappa shape index (κ2) is 8.69. The van der Waals surface area contributed by atoms with Crippen LogP contribution in [0.4, 0.5) is 11.4 Å². The second-order valence-corrected chi connectivity index (χ2v) is 7.87. The number of hydrogen-bond acceptors (Lipinski definition) is 3. The summed E-state index contributed by atoms with van der Waals surface area (Å²) in [4.78, 5) is 17.1. The van der Waals surface area contributed by atoms with Crippen molar-refractivity contribution in [2.75, 3.05) is 36.9 Å². The van der Waals surface area contributed by atoms with E-state index in [9.17, 15) is 4.79 Å². The van der Waals surface area contributed by atoms with Crippen LogP contribution in [-0.4, -0.2) is 43.5 Å². The SMILES string of the molecule is Cc1ccc(NC(=O)CN2CCC[C@@H]2CN(C)c2ccccc2)c(Br)c1. The third kappa shape index (κ3) is 4.86. The normalized spacial score (nSPS) is 17.3. The Bertz CT molecular complexity index is 750. The van der Waals surface area contributed by atoms with Gasteiger partial charge in [-0.3, -0.25) is 9.69 Å². The van der Waals surface area contributed by atoms with E-state index in [0.29, 0.717) is 12.6 Å². The Labute approximate surface area is 164 Å². The molecule has 1 atom stereocenters. The summed E-state index contributed by atoms with van der Waals surface area (Å²) in [5.41, 5.74) is 3.21. The van der Waals surface area contributed by atoms with Crippen LogP contribution in [0.2, 0.25) is 0 Å². The average Bonchev–Trinajstić information content (AvgIpc) is 3.05. The number of nitrogens with one attached hydrogen (secondary N) is 1. The predicted molar refractivity (Wildman–Crippen MR) is 112 cm³/mol. The number of carbonyl (C=O) groups is 1. The zero-order valence-electron chi connectivity index (χ0n) is 15.4. The van der Waals surface area contributed by atoms with E-state index in [2.05, 4.69) is 62.4 Å². The summed E-state index contributed by atoms with van der Waals surface area (Å²) >= 11 is 3.52. The quantitative estimate of drug-likeness (QED) is 0.763. The number of likely N-dealkylation sites (N-methyl/N-ethyl adjacent to an activating group) is 1. The van der Waals surface area contributed by atoms with Crippen LogP contribution in [0.25, 0.3) is 0 Å². The van der Waals surface area contributed by atoms with Crippen molar-refractivity contribution in [1.29, 1.82) is 0 Å². The minimum Gasteiger partial charge on any atom is -0.373 e. The smallest absolute Gasteiger partial charge is 0.238 e. The maximum atomic E-state index is 12.5. The van der Waals surface area contributed by atoms with Gasteiger partial charge in [0, 0.05) is 29.8 Å². The molecular formula is C21H26BrN3O. The molecule has 2 aromatic rings. The van der Waals surface area contributed by atoms with Gasteiger partial charge < -0.3 is 10.2 Å². The summed E-state index contributed by atoms with van der Waals surface area (Å²) in [6.07, 6.45) is 2.29. The fourth-order valence-electron chi connectivity index (χ4n) is 3.51. The first-order chi connectivity index (χ1) is 12.5. The van der Waals surface area contributed by atoms with Crippen LogP contribution in [0.3, 0.4) is 0 Å². The van der Waals surface area contributed by atoms with Crippen molar-refractivity contribution in [2.45, 2.75) is 25.8 Å². The number of likely N-dealkylation sites (tertiary alicyclic amines) is 1. The molecule has 1 saturated heterocycles. The van der Waals surface area contributed by atoms with Gasteiger partial charge in [0.15, 0.2) is 0 Å². The van der Waals surface area contributed by atoms with Crippen molar-refractivity contribution >= 4 is 33.2 Å². The zero-order chi connectivity index (χ0) is 18.5. The highest BCUT2D eigenvalue weighted by Gasteiger charge is 2.27. The highest BCUT2D eigenvalue weighted by Crippen LogP contribution is 2.24. The molecule has 26 heavy (non-hydrogen) atoms. The van der Waals surface area contributed by atoms with Crippen LogP contribution in [0.1, 0.15) is 18.4 Å². The first kappa shape index (κ1) is 18.9. The molecule has 1 aliphatic heterocycles. The standard InChI is InChI=1S/C21H26BrN3O/c1-16-10-11-20(19(22)13-16)23-21(26)15-25-12-6-9-18(25)14-24(2)17-7-4-3-5-8-17/h3-5,7-8,10-11,13,18H,6,9,12,14-15H2,1-2H3,(H,23,26)/t18-/m1/s1. The molecule has 1 fully saturated rings. The third-order valence-electron chi connectivity index (χ3n) is 4.93. The molecule has 1 aliphatic rings. The number of amides is 1. The molecule has 1 N–H and O–H groups in total. The molecule has 2 aromatic carbocycles. The van der Waals surface area contributed by atoms with E-state index < -0.39 is 0 Å². The molecule has 0 bridgehead atoms. The van der Waals surface area contributed by atoms with Crippen LogP contribution in [0.15, 0.2) is 53.0 Å². The Balaban J connectivity index is 1.57. The first-order valence-corrected chi connectivity index (χ1v) is 9.88. The van der Waals surface area contributed by atoms with Gasteiger partial charge in [-0.05, 0) is 72.1 Å². The van der Waals surface area contributed by atoms with E-state index in [1.807, 2.05) is 31.2 Å². The van der Waals surface area contributed by atoms with Gasteiger partial charge in [-0.25, -0.2) is 0 Å². The van der Waals surface area contributed by atoms with E-state index >= 15 is 0 Å². The predicted octanol–water partition coefficient (Wildman–Crippen LogP) is 4.30. The van der Waals surface area contributed by atoms with Crippen molar-refractivity contribution in [3.8, 4) is 0 Å². The van der Waals surface area contributed by atoms with E-state index in [4.69, 9.17) is 0 Å². The lowest BCUT2D eigenvalue weighted by Crippen LogP contribution is -2.42. The molecular weight excluding hydrogens is 390 g/mol. The molecule has 0 radical (unpaired) electrons. The van der Waals surface area contributed by atoms with Crippen LogP contribution in [0, 0.1) is 6.92 Å². The Morgan fingerprint density at radius 2 is 2.04 bits per heavy atom. The summed E-state index contributed by atoms with van der Waals surface area (Å²) in [5, 5.41) is 3.03. The van der Waals surface area contributed by atoms with Gasteiger partial charge in [0.25, 0.3) is 0 Å². The van der Waals surface area contributed by atoms with Crippen molar-refractivity contribution in [2.24, 2.45) is 0 Å². The summed E-state index contributed by atoms with van der Waals surface area (Å²) < 4.78 is 0.924. The van der Waals surface area contributed by atoms with Gasteiger partial charge >= 0.3 is 0 Å². The topological polar surface area (TPSA) is 35.6 Å². The molecule has 0 saturated carbocycles. The molecule has 1 amide bonds. The molecule has 0 unspecified atom stereocenters. The lowest BCUT2D eigenvalue weighted by molar-refractivity contribution is -0.117. The van der Waals surface area contributed by atoms with E-state index in [1.54, 1.807) is 0 Å². The fourth-order valence-corrected chi connectivity index (χ4v) is 4.10. The van der Waals surface area contributed by atoms with E-state index in [1.165, 1.54) is 11.3 Å². The molecule has 5 heteroatoms. The Hall–Kier alpha value is -1.85. The van der Waals surface area contributed by atoms with Gasteiger partial charge in [0.05, 0.1) is 12.2 Å². The molecule has 0 aromatic heterocycles. The number of nitrogens with zero attached hydrogens (tertiary/aromatic N) is 2. The van der Waals surface area contributed by atoms with Gasteiger partial charge in [0.2, 0.25) is 5.91 Å². The molecule has 0 spiro atoms. The number of halogens is 1. The van der Waals surface area contributed by atoms with Gasteiger partial charge in [-0.2, -0.15) is 0 Å². The number of carbonyl (C=O) groups excluding carboxylic acids is 1. The van der Waals surface area contributed by atoms with E-state index in [0.717, 1.165) is 36.1 Å². The lowest BCUT2D eigenvalue weighted by atomic mass is 10.2. The average molecular weight is 416 g/mol. The number of anilines is 2. The fraction of sp³-hybridized carbons (Fsp3) is 0.381. The third-order valence-corrected chi connectivity index (χ3v) is 5.58. The minimum atomic E-state index is 0.0452. The van der Waals surface area contributed by atoms with Crippen LogP contribution in [0.5, 0.6) is 0 Å². The number of rotatable bonds is 6. The second-order valence-electron chi connectivity index (χ2n) is 7.01. The minimum absolute atomic E-state index is 0.0452. The highest BCUT2D eigenvalue weighted by molar-refractivity contribution is 9.10. The van der Waals surface area contributed by atoms with Crippen LogP contribution in [-0.2, 0) is 4.79 Å². The van der Waals surface area contributed by atoms with Gasteiger partial charge in [0.1, 0.15) is 0 Å². The lowest BCUT2D eigenvalue weighted by Gasteiger charge is -2.29. The number of para-hydroxylation sites is 1. The molecule has 138 valence electrons. The Kier molecular flexibility index (Phi) is 6.33. The molecule has 1 heterocycles. The monoisotopic (exact) mass is 415 g/mol. The largest absolute Gasteiger partial charge is 0.373 e. The first-order valence-electron chi connectivity index (χ1n) is 9.09. The maximum Gasteiger partial charge on any atom is 0.238 e. The molecule has 4 nitrogen and oxygen atoms in total. The molecule has 0 aliphatic carbocycles. The van der Waals surface area contributed by atoms with E-state index in [-0.39, 0.29) is 5.91 Å². The van der Waals surface area contributed by atoms with Crippen molar-refractivity contribution in [3.63, 3.8) is 0 Å². The van der Waals surface area contributed by atoms with Crippen molar-refractivity contribution in [3.05, 3.63) is 58.6 Å². The summed E-state index contributed by atoms with van der Waals surface area (Å²) in [6, 6.07) is 16.8. The van der Waals surface area contributed by atoms with Crippen molar-refractivity contribution in [1.82, 2.24) is 4.90 Å². The van der Waals surface area contributed by atoms with Gasteiger partial charge in [-0.15, -0.1) is 0 Å². The van der Waals surface area contributed by atoms with Crippen molar-refractivity contribution < 1.29 is 4.79 Å². The summed E-state index contributed by atoms with van der Waals surface area (Å²) in [6.45, 7) is 4.39. The summed E-state index contributed by atoms with van der Waals surface area (Å²) in [5.74, 6) is 0.0452. The maximum absolute atomic E-state index is 12.5. The number of benzene rings is 2. The summed E-state index contributed by atoms with van der Waals surface area (Å²) in [7, 11) is 2.12. The zero-order valence-corrected chi connectivity index (χ0v) is 17.0. The van der Waals surface area contributed by atoms with Crippen LogP contribution < -0.4 is 10.2 Å². The Morgan fingerprint density at radius 3 is 2.77 bits per heavy atom. The van der Waals surface area contributed by atoms with Crippen LogP contribution >= 0.6 is 15.9 Å². The number of hydrogen-bond donors (Lipinski definition) is 1. The Morgan fingerprint density at radius 1 is 1.27 bits per heavy atom.